The number of halogens is 2. The van der Waals surface area contributed by atoms with Gasteiger partial charge in [0.1, 0.15) is 5.52 Å². The highest BCUT2D eigenvalue weighted by Crippen LogP contribution is 2.30. The van der Waals surface area contributed by atoms with Crippen LogP contribution in [-0.4, -0.2) is 4.98 Å². The van der Waals surface area contributed by atoms with Crippen LogP contribution < -0.4 is 11.1 Å². The third kappa shape index (κ3) is 2.39. The van der Waals surface area contributed by atoms with Gasteiger partial charge in [-0.05, 0) is 30.3 Å². The summed E-state index contributed by atoms with van der Waals surface area (Å²) in [6.45, 7) is 0. The molecule has 0 radical (unpaired) electrons. The molecule has 6 heteroatoms. The lowest BCUT2D eigenvalue weighted by molar-refractivity contribution is 0.623. The summed E-state index contributed by atoms with van der Waals surface area (Å²) >= 11 is 9.48. The highest BCUT2D eigenvalue weighted by Gasteiger charge is 2.09. The summed E-state index contributed by atoms with van der Waals surface area (Å²) in [6.07, 6.45) is 0. The second-order valence-electron chi connectivity index (χ2n) is 3.96. The van der Waals surface area contributed by atoms with E-state index in [0.29, 0.717) is 33.5 Å². The largest absolute Gasteiger partial charge is 0.423 e. The number of nitrogen functional groups attached to an aromatic ring is 1. The number of para-hydroxylation sites is 1. The van der Waals surface area contributed by atoms with Crippen LogP contribution in [-0.2, 0) is 0 Å². The number of oxazole rings is 1. The van der Waals surface area contributed by atoms with Gasteiger partial charge < -0.3 is 15.5 Å². The molecule has 96 valence electrons. The summed E-state index contributed by atoms with van der Waals surface area (Å²) in [5, 5.41) is 3.62. The van der Waals surface area contributed by atoms with E-state index in [2.05, 4.69) is 26.2 Å². The molecule has 3 N–H and O–H groups in total. The van der Waals surface area contributed by atoms with Gasteiger partial charge in [0, 0.05) is 4.47 Å². The molecule has 1 heterocycles. The molecule has 0 fully saturated rings. The van der Waals surface area contributed by atoms with Crippen LogP contribution in [0.5, 0.6) is 0 Å². The molecule has 0 spiro atoms. The molecule has 0 aliphatic rings. The Morgan fingerprint density at radius 3 is 2.89 bits per heavy atom. The first-order valence-corrected chi connectivity index (χ1v) is 6.68. The normalized spacial score (nSPS) is 10.8. The van der Waals surface area contributed by atoms with Crippen molar-refractivity contribution in [1.29, 1.82) is 0 Å². The van der Waals surface area contributed by atoms with E-state index in [9.17, 15) is 0 Å². The minimum absolute atomic E-state index is 0.355. The van der Waals surface area contributed by atoms with Crippen molar-refractivity contribution in [2.24, 2.45) is 0 Å². The standard InChI is InChI=1S/C13H9BrClN3O/c14-7-4-5-8(15)10(6-7)17-13-18-12-9(16)2-1-3-11(12)19-13/h1-6H,16H2,(H,17,18). The summed E-state index contributed by atoms with van der Waals surface area (Å²) in [5.74, 6) is 0. The Hall–Kier alpha value is -1.72. The third-order valence-electron chi connectivity index (χ3n) is 2.62. The molecule has 3 rings (SSSR count). The van der Waals surface area contributed by atoms with Gasteiger partial charge in [0.2, 0.25) is 0 Å². The van der Waals surface area contributed by atoms with Gasteiger partial charge in [-0.25, -0.2) is 0 Å². The third-order valence-corrected chi connectivity index (χ3v) is 3.44. The Balaban J connectivity index is 2.01. The van der Waals surface area contributed by atoms with Gasteiger partial charge in [0.15, 0.2) is 5.58 Å². The minimum atomic E-state index is 0.355. The van der Waals surface area contributed by atoms with Gasteiger partial charge in [-0.1, -0.05) is 33.6 Å². The van der Waals surface area contributed by atoms with Crippen LogP contribution in [0.3, 0.4) is 0 Å². The first-order valence-electron chi connectivity index (χ1n) is 5.50. The molecule has 0 atom stereocenters. The van der Waals surface area contributed by atoms with Crippen LogP contribution in [0.4, 0.5) is 17.4 Å². The van der Waals surface area contributed by atoms with E-state index in [4.69, 9.17) is 21.8 Å². The van der Waals surface area contributed by atoms with Gasteiger partial charge in [-0.2, -0.15) is 4.98 Å². The molecule has 1 aromatic heterocycles. The van der Waals surface area contributed by atoms with E-state index in [1.807, 2.05) is 24.3 Å². The Morgan fingerprint density at radius 1 is 1.26 bits per heavy atom. The molecule has 0 aliphatic carbocycles. The van der Waals surface area contributed by atoms with Crippen LogP contribution >= 0.6 is 27.5 Å². The maximum atomic E-state index is 6.10. The molecule has 19 heavy (non-hydrogen) atoms. The Morgan fingerprint density at radius 2 is 2.11 bits per heavy atom. The van der Waals surface area contributed by atoms with Crippen LogP contribution in [0.1, 0.15) is 0 Å². The molecular formula is C13H9BrClN3O. The van der Waals surface area contributed by atoms with Crippen LogP contribution in [0.15, 0.2) is 45.3 Å². The first kappa shape index (κ1) is 12.3. The summed E-state index contributed by atoms with van der Waals surface area (Å²) in [5.41, 5.74) is 8.39. The Bertz CT molecular complexity index is 757. The van der Waals surface area contributed by atoms with Crippen molar-refractivity contribution < 1.29 is 4.42 Å². The number of benzene rings is 2. The van der Waals surface area contributed by atoms with Crippen molar-refractivity contribution in [1.82, 2.24) is 4.98 Å². The summed E-state index contributed by atoms with van der Waals surface area (Å²) in [7, 11) is 0. The number of nitrogens with two attached hydrogens (primary N) is 1. The van der Waals surface area contributed by atoms with E-state index >= 15 is 0 Å². The zero-order valence-electron chi connectivity index (χ0n) is 9.65. The highest BCUT2D eigenvalue weighted by molar-refractivity contribution is 9.10. The van der Waals surface area contributed by atoms with E-state index < -0.39 is 0 Å². The monoisotopic (exact) mass is 337 g/mol. The van der Waals surface area contributed by atoms with Gasteiger partial charge in [0.25, 0.3) is 6.01 Å². The summed E-state index contributed by atoms with van der Waals surface area (Å²) in [6, 6.07) is 11.3. The quantitative estimate of drug-likeness (QED) is 0.672. The minimum Gasteiger partial charge on any atom is -0.423 e. The molecule has 0 bridgehead atoms. The van der Waals surface area contributed by atoms with Gasteiger partial charge >= 0.3 is 0 Å². The van der Waals surface area contributed by atoms with Crippen molar-refractivity contribution in [3.63, 3.8) is 0 Å². The van der Waals surface area contributed by atoms with Crippen molar-refractivity contribution in [2.75, 3.05) is 11.1 Å². The predicted octanol–water partition coefficient (Wildman–Crippen LogP) is 4.57. The van der Waals surface area contributed by atoms with Gasteiger partial charge in [0.05, 0.1) is 16.4 Å². The Kier molecular flexibility index (Phi) is 3.08. The topological polar surface area (TPSA) is 64.1 Å². The second kappa shape index (κ2) is 4.75. The first-order chi connectivity index (χ1) is 9.13. The molecule has 0 amide bonds. The fraction of sp³-hybridized carbons (Fsp3) is 0. The number of rotatable bonds is 2. The van der Waals surface area contributed by atoms with Gasteiger partial charge in [-0.3, -0.25) is 0 Å². The van der Waals surface area contributed by atoms with E-state index in [1.165, 1.54) is 0 Å². The molecular weight excluding hydrogens is 330 g/mol. The molecule has 0 unspecified atom stereocenters. The molecule has 0 saturated heterocycles. The second-order valence-corrected chi connectivity index (χ2v) is 5.29. The molecule has 3 aromatic rings. The average molecular weight is 339 g/mol. The van der Waals surface area contributed by atoms with Crippen LogP contribution in [0.25, 0.3) is 11.1 Å². The number of fused-ring (bicyclic) bond motifs is 1. The molecule has 0 saturated carbocycles. The summed E-state index contributed by atoms with van der Waals surface area (Å²) < 4.78 is 6.48. The van der Waals surface area contributed by atoms with Crippen LogP contribution in [0, 0.1) is 0 Å². The predicted molar refractivity (Wildman–Crippen MR) is 80.9 cm³/mol. The summed E-state index contributed by atoms with van der Waals surface area (Å²) in [4.78, 5) is 4.30. The average Bonchev–Trinajstić information content (AvgIpc) is 2.78. The van der Waals surface area contributed by atoms with Gasteiger partial charge in [-0.15, -0.1) is 0 Å². The number of nitrogens with zero attached hydrogens (tertiary/aromatic N) is 1. The number of anilines is 3. The van der Waals surface area contributed by atoms with E-state index in [-0.39, 0.29) is 0 Å². The van der Waals surface area contributed by atoms with E-state index in [1.54, 1.807) is 12.1 Å². The zero-order chi connectivity index (χ0) is 13.4. The fourth-order valence-corrected chi connectivity index (χ4v) is 2.26. The lowest BCUT2D eigenvalue weighted by Gasteiger charge is -2.04. The molecule has 2 aromatic carbocycles. The van der Waals surface area contributed by atoms with Crippen molar-refractivity contribution in [3.8, 4) is 0 Å². The lowest BCUT2D eigenvalue weighted by Crippen LogP contribution is -1.91. The fourth-order valence-electron chi connectivity index (χ4n) is 1.73. The number of hydrogen-bond acceptors (Lipinski definition) is 4. The van der Waals surface area contributed by atoms with Crippen LogP contribution in [0.2, 0.25) is 5.02 Å². The highest BCUT2D eigenvalue weighted by atomic mass is 79.9. The van der Waals surface area contributed by atoms with Crippen molar-refractivity contribution in [2.45, 2.75) is 0 Å². The van der Waals surface area contributed by atoms with Crippen molar-refractivity contribution >= 4 is 56.0 Å². The number of aromatic nitrogens is 1. The SMILES string of the molecule is Nc1cccc2oc(Nc3cc(Br)ccc3Cl)nc12. The van der Waals surface area contributed by atoms with Crippen molar-refractivity contribution in [3.05, 3.63) is 45.9 Å². The number of hydrogen-bond donors (Lipinski definition) is 2. The number of nitrogens with one attached hydrogen (secondary N) is 1. The zero-order valence-corrected chi connectivity index (χ0v) is 12.0. The maximum Gasteiger partial charge on any atom is 0.300 e. The Labute approximate surface area is 122 Å². The lowest BCUT2D eigenvalue weighted by atomic mass is 10.3. The smallest absolute Gasteiger partial charge is 0.300 e. The molecule has 4 nitrogen and oxygen atoms in total. The van der Waals surface area contributed by atoms with E-state index in [0.717, 1.165) is 4.47 Å². The maximum absolute atomic E-state index is 6.10. The molecule has 0 aliphatic heterocycles.